The second-order valence-corrected chi connectivity index (χ2v) is 8.80. The van der Waals surface area contributed by atoms with Crippen LogP contribution in [0.5, 0.6) is 0 Å². The monoisotopic (exact) mass is 308 g/mol. The summed E-state index contributed by atoms with van der Waals surface area (Å²) in [6, 6.07) is 0.0204. The number of piperidine rings is 1. The Labute approximate surface area is 117 Å². The average molecular weight is 309 g/mol. The summed E-state index contributed by atoms with van der Waals surface area (Å²) in [5.74, 6) is 0.751. The smallest absolute Gasteiger partial charge is 0.232 e. The maximum atomic E-state index is 12.5. The molecule has 1 saturated heterocycles. The second-order valence-electron chi connectivity index (χ2n) is 5.07. The van der Waals surface area contributed by atoms with E-state index in [2.05, 4.69) is 18.8 Å². The highest BCUT2D eigenvalue weighted by molar-refractivity contribution is 7.91. The zero-order valence-electron chi connectivity index (χ0n) is 10.6. The maximum absolute atomic E-state index is 12.5. The van der Waals surface area contributed by atoms with Crippen molar-refractivity contribution in [2.24, 2.45) is 11.8 Å². The Kier molecular flexibility index (Phi) is 4.02. The van der Waals surface area contributed by atoms with Crippen LogP contribution in [0, 0.1) is 11.8 Å². The van der Waals surface area contributed by atoms with Crippen LogP contribution < -0.4 is 0 Å². The minimum absolute atomic E-state index is 0.0204. The highest BCUT2D eigenvalue weighted by Gasteiger charge is 2.38. The van der Waals surface area contributed by atoms with Crippen LogP contribution in [-0.4, -0.2) is 30.3 Å². The van der Waals surface area contributed by atoms with Gasteiger partial charge in [0.25, 0.3) is 10.0 Å². The first-order valence-electron chi connectivity index (χ1n) is 5.95. The van der Waals surface area contributed by atoms with Crippen molar-refractivity contribution in [3.63, 3.8) is 0 Å². The third-order valence-corrected chi connectivity index (χ3v) is 7.07. The van der Waals surface area contributed by atoms with Gasteiger partial charge < -0.3 is 0 Å². The lowest BCUT2D eigenvalue weighted by molar-refractivity contribution is 0.157. The summed E-state index contributed by atoms with van der Waals surface area (Å²) >= 11 is 6.74. The molecule has 0 N–H and O–H groups in total. The largest absolute Gasteiger partial charge is 0.254 e. The molecule has 1 aromatic heterocycles. The molecule has 1 aliphatic rings. The molecule has 0 bridgehead atoms. The predicted octanol–water partition coefficient (Wildman–Crippen LogP) is 2.85. The third kappa shape index (κ3) is 2.57. The fourth-order valence-corrected chi connectivity index (χ4v) is 5.73. The van der Waals surface area contributed by atoms with E-state index in [0.717, 1.165) is 17.8 Å². The molecule has 0 saturated carbocycles. The molecule has 3 unspecified atom stereocenters. The minimum atomic E-state index is -3.45. The molecule has 0 amide bonds. The summed E-state index contributed by atoms with van der Waals surface area (Å²) in [6.45, 7) is 6.73. The summed E-state index contributed by atoms with van der Waals surface area (Å²) in [4.78, 5) is 3.82. The highest BCUT2D eigenvalue weighted by atomic mass is 35.5. The van der Waals surface area contributed by atoms with E-state index in [1.54, 1.807) is 4.31 Å². The van der Waals surface area contributed by atoms with E-state index in [9.17, 15) is 8.42 Å². The number of thiazole rings is 1. The number of nitrogens with zero attached hydrogens (tertiary/aromatic N) is 2. The van der Waals surface area contributed by atoms with Gasteiger partial charge in [0.15, 0.2) is 8.68 Å². The first kappa shape index (κ1) is 14.2. The Hall–Kier alpha value is -0.170. The number of hydrogen-bond acceptors (Lipinski definition) is 4. The van der Waals surface area contributed by atoms with E-state index in [1.165, 1.54) is 6.20 Å². The van der Waals surface area contributed by atoms with Gasteiger partial charge >= 0.3 is 0 Å². The van der Waals surface area contributed by atoms with Crippen LogP contribution in [0.3, 0.4) is 0 Å². The number of hydrogen-bond donors (Lipinski definition) is 0. The fourth-order valence-electron chi connectivity index (χ4n) is 2.45. The summed E-state index contributed by atoms with van der Waals surface area (Å²) in [6.07, 6.45) is 2.41. The first-order chi connectivity index (χ1) is 8.32. The molecule has 4 nitrogen and oxygen atoms in total. The van der Waals surface area contributed by atoms with Gasteiger partial charge in [0.05, 0.1) is 6.20 Å². The van der Waals surface area contributed by atoms with Crippen LogP contribution in [-0.2, 0) is 10.0 Å². The van der Waals surface area contributed by atoms with Crippen molar-refractivity contribution in [2.45, 2.75) is 37.4 Å². The molecule has 1 aliphatic heterocycles. The van der Waals surface area contributed by atoms with Gasteiger partial charge in [-0.15, -0.1) is 0 Å². The van der Waals surface area contributed by atoms with Gasteiger partial charge in [-0.05, 0) is 25.2 Å². The van der Waals surface area contributed by atoms with Gasteiger partial charge in [0.2, 0.25) is 0 Å². The molecule has 0 spiro atoms. The topological polar surface area (TPSA) is 50.3 Å². The van der Waals surface area contributed by atoms with Gasteiger partial charge in [0, 0.05) is 12.6 Å². The third-order valence-electron chi connectivity index (χ3n) is 3.56. The molecule has 1 aromatic rings. The number of sulfonamides is 1. The molecule has 2 heterocycles. The van der Waals surface area contributed by atoms with Crippen molar-refractivity contribution < 1.29 is 8.42 Å². The average Bonchev–Trinajstić information content (AvgIpc) is 2.70. The predicted molar refractivity (Wildman–Crippen MR) is 73.4 cm³/mol. The summed E-state index contributed by atoms with van der Waals surface area (Å²) in [5.41, 5.74) is 0. The molecule has 18 heavy (non-hydrogen) atoms. The summed E-state index contributed by atoms with van der Waals surface area (Å²) in [5, 5.41) is 0. The zero-order valence-corrected chi connectivity index (χ0v) is 13.0. The van der Waals surface area contributed by atoms with Crippen LogP contribution in [0.2, 0.25) is 4.47 Å². The Morgan fingerprint density at radius 1 is 1.44 bits per heavy atom. The molecular weight excluding hydrogens is 292 g/mol. The van der Waals surface area contributed by atoms with Gasteiger partial charge in [-0.1, -0.05) is 36.8 Å². The zero-order chi connectivity index (χ0) is 13.5. The minimum Gasteiger partial charge on any atom is -0.232 e. The van der Waals surface area contributed by atoms with Crippen molar-refractivity contribution in [2.75, 3.05) is 6.54 Å². The molecule has 1 fully saturated rings. The van der Waals surface area contributed by atoms with Gasteiger partial charge in [-0.25, -0.2) is 13.4 Å². The molecular formula is C11H17ClN2O2S2. The molecule has 2 rings (SSSR count). The molecule has 0 aromatic carbocycles. The number of halogens is 1. The molecule has 0 aliphatic carbocycles. The van der Waals surface area contributed by atoms with Crippen LogP contribution in [0.1, 0.15) is 27.2 Å². The Bertz CT molecular complexity index is 529. The van der Waals surface area contributed by atoms with E-state index in [0.29, 0.717) is 18.4 Å². The van der Waals surface area contributed by atoms with Crippen molar-refractivity contribution in [1.82, 2.24) is 9.29 Å². The van der Waals surface area contributed by atoms with Gasteiger partial charge in [-0.2, -0.15) is 4.31 Å². The van der Waals surface area contributed by atoms with Gasteiger partial charge in [0.1, 0.15) is 0 Å². The van der Waals surface area contributed by atoms with Crippen molar-refractivity contribution in [3.05, 3.63) is 10.7 Å². The fraction of sp³-hybridized carbons (Fsp3) is 0.727. The normalized spacial score (nSPS) is 30.6. The first-order valence-corrected chi connectivity index (χ1v) is 8.59. The molecule has 3 atom stereocenters. The molecule has 0 radical (unpaired) electrons. The van der Waals surface area contributed by atoms with E-state index in [4.69, 9.17) is 11.6 Å². The van der Waals surface area contributed by atoms with E-state index in [1.807, 2.05) is 6.92 Å². The quantitative estimate of drug-likeness (QED) is 0.844. The van der Waals surface area contributed by atoms with E-state index in [-0.39, 0.29) is 14.7 Å². The van der Waals surface area contributed by atoms with E-state index < -0.39 is 10.0 Å². The Morgan fingerprint density at radius 3 is 2.67 bits per heavy atom. The lowest BCUT2D eigenvalue weighted by atomic mass is 9.88. The number of aromatic nitrogens is 1. The number of rotatable bonds is 2. The highest BCUT2D eigenvalue weighted by Crippen LogP contribution is 2.33. The lowest BCUT2D eigenvalue weighted by Gasteiger charge is -2.39. The van der Waals surface area contributed by atoms with E-state index >= 15 is 0 Å². The molecule has 102 valence electrons. The second kappa shape index (κ2) is 5.07. The SMILES string of the molecule is CC1CC(C)C(C)N(S(=O)(=O)c2cnc(Cl)s2)C1. The lowest BCUT2D eigenvalue weighted by Crippen LogP contribution is -2.48. The maximum Gasteiger partial charge on any atom is 0.254 e. The summed E-state index contributed by atoms with van der Waals surface area (Å²) < 4.78 is 27.2. The standard InChI is InChI=1S/C11H17ClN2O2S2/c1-7-4-8(2)9(3)14(6-7)18(15,16)10-5-13-11(12)17-10/h5,7-9H,4,6H2,1-3H3. The van der Waals surface area contributed by atoms with Crippen LogP contribution >= 0.6 is 22.9 Å². The van der Waals surface area contributed by atoms with Crippen LogP contribution in [0.15, 0.2) is 10.4 Å². The molecule has 7 heteroatoms. The van der Waals surface area contributed by atoms with Crippen LogP contribution in [0.4, 0.5) is 0 Å². The van der Waals surface area contributed by atoms with Gasteiger partial charge in [-0.3, -0.25) is 0 Å². The Morgan fingerprint density at radius 2 is 2.11 bits per heavy atom. The van der Waals surface area contributed by atoms with Crippen LogP contribution in [0.25, 0.3) is 0 Å². The van der Waals surface area contributed by atoms with Crippen molar-refractivity contribution in [3.8, 4) is 0 Å². The van der Waals surface area contributed by atoms with Crippen molar-refractivity contribution >= 4 is 33.0 Å². The Balaban J connectivity index is 2.34. The summed E-state index contributed by atoms with van der Waals surface area (Å²) in [7, 11) is -3.45. The van der Waals surface area contributed by atoms with Crippen molar-refractivity contribution in [1.29, 1.82) is 0 Å².